The van der Waals surface area contributed by atoms with Gasteiger partial charge in [-0.3, -0.25) is 4.40 Å². The summed E-state index contributed by atoms with van der Waals surface area (Å²) in [5, 5.41) is 13.2. The van der Waals surface area contributed by atoms with Crippen molar-refractivity contribution in [2.75, 3.05) is 56.6 Å². The molecule has 1 aromatic carbocycles. The molecule has 0 atom stereocenters. The summed E-state index contributed by atoms with van der Waals surface area (Å²) in [5.74, 6) is 1.31. The Balaban J connectivity index is 1.72. The summed E-state index contributed by atoms with van der Waals surface area (Å²) in [4.78, 5) is 14.4. The molecule has 1 aliphatic rings. The van der Waals surface area contributed by atoms with Crippen molar-refractivity contribution in [2.24, 2.45) is 0 Å². The Labute approximate surface area is 173 Å². The number of fused-ring (bicyclic) bond motifs is 5. The van der Waals surface area contributed by atoms with Crippen molar-refractivity contribution in [1.82, 2.24) is 19.3 Å². The van der Waals surface area contributed by atoms with Crippen LogP contribution in [0.4, 0.5) is 16.0 Å². The van der Waals surface area contributed by atoms with Crippen LogP contribution >= 0.6 is 0 Å². The van der Waals surface area contributed by atoms with Crippen molar-refractivity contribution < 1.29 is 9.50 Å². The monoisotopic (exact) mass is 408 g/mol. The Bertz CT molecular complexity index is 1220. The van der Waals surface area contributed by atoms with Gasteiger partial charge < -0.3 is 20.2 Å². The highest BCUT2D eigenvalue weighted by atomic mass is 19.1. The van der Waals surface area contributed by atoms with Crippen LogP contribution < -0.4 is 10.2 Å². The molecule has 4 heterocycles. The minimum atomic E-state index is -0.275. The van der Waals surface area contributed by atoms with Gasteiger partial charge in [-0.2, -0.15) is 0 Å². The summed E-state index contributed by atoms with van der Waals surface area (Å²) in [6, 6.07) is 10.7. The number of aliphatic hydroxyl groups is 1. The second-order valence-corrected chi connectivity index (χ2v) is 7.83. The number of anilines is 2. The maximum absolute atomic E-state index is 13.9. The average molecular weight is 408 g/mol. The SMILES string of the molecule is CN1CCCN(c2ccc3nc(NCCO)c4cc5cc(F)ccc5n4c3n2)CC1. The van der Waals surface area contributed by atoms with E-state index in [1.54, 1.807) is 6.07 Å². The number of aromatic nitrogens is 3. The lowest BCUT2D eigenvalue weighted by atomic mass is 10.2. The van der Waals surface area contributed by atoms with Gasteiger partial charge >= 0.3 is 0 Å². The minimum absolute atomic E-state index is 0.00132. The quantitative estimate of drug-likeness (QED) is 0.541. The molecule has 8 heteroatoms. The number of likely N-dealkylation sites (N-methyl/N-ethyl adjacent to an activating group) is 1. The van der Waals surface area contributed by atoms with Gasteiger partial charge in [-0.1, -0.05) is 0 Å². The molecule has 0 saturated carbocycles. The Morgan fingerprint density at radius 1 is 1.03 bits per heavy atom. The second kappa shape index (κ2) is 7.70. The lowest BCUT2D eigenvalue weighted by Crippen LogP contribution is -2.29. The van der Waals surface area contributed by atoms with Crippen molar-refractivity contribution in [3.63, 3.8) is 0 Å². The molecule has 0 spiro atoms. The molecule has 1 fully saturated rings. The fourth-order valence-corrected chi connectivity index (χ4v) is 4.21. The number of hydrogen-bond acceptors (Lipinski definition) is 6. The van der Waals surface area contributed by atoms with Crippen molar-refractivity contribution in [1.29, 1.82) is 0 Å². The molecule has 4 aromatic rings. The number of hydrogen-bond donors (Lipinski definition) is 2. The summed E-state index contributed by atoms with van der Waals surface area (Å²) < 4.78 is 15.9. The first-order valence-corrected chi connectivity index (χ1v) is 10.3. The van der Waals surface area contributed by atoms with E-state index in [0.29, 0.717) is 12.4 Å². The van der Waals surface area contributed by atoms with Crippen molar-refractivity contribution in [3.05, 3.63) is 42.2 Å². The van der Waals surface area contributed by atoms with Crippen molar-refractivity contribution in [3.8, 4) is 0 Å². The molecule has 0 amide bonds. The van der Waals surface area contributed by atoms with E-state index < -0.39 is 0 Å². The highest BCUT2D eigenvalue weighted by molar-refractivity contribution is 5.96. The predicted octanol–water partition coefficient (Wildman–Crippen LogP) is 2.72. The van der Waals surface area contributed by atoms with E-state index in [4.69, 9.17) is 9.97 Å². The largest absolute Gasteiger partial charge is 0.395 e. The van der Waals surface area contributed by atoms with Crippen LogP contribution in [0.25, 0.3) is 27.6 Å². The molecule has 1 aliphatic heterocycles. The minimum Gasteiger partial charge on any atom is -0.395 e. The zero-order valence-corrected chi connectivity index (χ0v) is 17.0. The van der Waals surface area contributed by atoms with Gasteiger partial charge in [-0.25, -0.2) is 14.4 Å². The van der Waals surface area contributed by atoms with Crippen molar-refractivity contribution >= 4 is 39.2 Å². The van der Waals surface area contributed by atoms with Gasteiger partial charge in [-0.05, 0) is 56.4 Å². The molecule has 0 aliphatic carbocycles. The lowest BCUT2D eigenvalue weighted by Gasteiger charge is -2.22. The molecule has 0 bridgehead atoms. The van der Waals surface area contributed by atoms with Crippen LogP contribution in [-0.4, -0.2) is 70.8 Å². The third kappa shape index (κ3) is 3.32. The van der Waals surface area contributed by atoms with Gasteiger partial charge in [0.1, 0.15) is 17.2 Å². The number of halogens is 1. The zero-order chi connectivity index (χ0) is 20.7. The summed E-state index contributed by atoms with van der Waals surface area (Å²) in [7, 11) is 2.15. The Kier molecular flexibility index (Phi) is 4.88. The Morgan fingerprint density at radius 2 is 1.93 bits per heavy atom. The van der Waals surface area contributed by atoms with Gasteiger partial charge in [0.05, 0.1) is 17.6 Å². The van der Waals surface area contributed by atoms with Crippen LogP contribution in [0.5, 0.6) is 0 Å². The van der Waals surface area contributed by atoms with Gasteiger partial charge in [-0.15, -0.1) is 0 Å². The fourth-order valence-electron chi connectivity index (χ4n) is 4.21. The number of nitrogens with zero attached hydrogens (tertiary/aromatic N) is 5. The van der Waals surface area contributed by atoms with Gasteiger partial charge in [0.25, 0.3) is 0 Å². The maximum Gasteiger partial charge on any atom is 0.166 e. The summed E-state index contributed by atoms with van der Waals surface area (Å²) in [5.41, 5.74) is 3.19. The Morgan fingerprint density at radius 3 is 2.80 bits per heavy atom. The van der Waals surface area contributed by atoms with Crippen LogP contribution in [0.3, 0.4) is 0 Å². The molecular formula is C22H25FN6O. The van der Waals surface area contributed by atoms with Gasteiger partial charge in [0.2, 0.25) is 0 Å². The first kappa shape index (κ1) is 19.0. The van der Waals surface area contributed by atoms with Crippen molar-refractivity contribution in [2.45, 2.75) is 6.42 Å². The number of nitrogens with one attached hydrogen (secondary N) is 1. The molecule has 156 valence electrons. The Hall–Kier alpha value is -2.97. The maximum atomic E-state index is 13.9. The highest BCUT2D eigenvalue weighted by Crippen LogP contribution is 2.30. The molecule has 0 radical (unpaired) electrons. The van der Waals surface area contributed by atoms with E-state index in [9.17, 15) is 9.50 Å². The standard InChI is InChI=1S/C22H25FN6O/c1-27-8-2-9-28(11-10-27)20-6-4-17-22(26-20)29-18-5-3-16(23)13-15(18)14-19(29)21(25-17)24-7-12-30/h3-6,13-14,30H,2,7-12H2,1H3,(H,24,25). The third-order valence-electron chi connectivity index (χ3n) is 5.74. The van der Waals surface area contributed by atoms with E-state index in [1.807, 2.05) is 22.6 Å². The number of pyridine rings is 1. The summed E-state index contributed by atoms with van der Waals surface area (Å²) in [6.45, 7) is 4.37. The van der Waals surface area contributed by atoms with Crippen LogP contribution in [0.15, 0.2) is 36.4 Å². The van der Waals surface area contributed by atoms with E-state index in [0.717, 1.165) is 66.0 Å². The molecular weight excluding hydrogens is 383 g/mol. The molecule has 3 aromatic heterocycles. The number of benzene rings is 1. The second-order valence-electron chi connectivity index (χ2n) is 7.83. The van der Waals surface area contributed by atoms with Crippen LogP contribution in [0.2, 0.25) is 0 Å². The van der Waals surface area contributed by atoms with Crippen LogP contribution in [0, 0.1) is 5.82 Å². The van der Waals surface area contributed by atoms with Crippen LogP contribution in [0.1, 0.15) is 6.42 Å². The molecule has 5 rings (SSSR count). The first-order valence-electron chi connectivity index (χ1n) is 10.3. The average Bonchev–Trinajstić information content (AvgIpc) is 2.99. The summed E-state index contributed by atoms with van der Waals surface area (Å²) in [6.07, 6.45) is 1.10. The molecule has 30 heavy (non-hydrogen) atoms. The van der Waals surface area contributed by atoms with Gasteiger partial charge in [0.15, 0.2) is 11.5 Å². The van der Waals surface area contributed by atoms with Crippen LogP contribution in [-0.2, 0) is 0 Å². The molecule has 7 nitrogen and oxygen atoms in total. The molecule has 0 unspecified atom stereocenters. The van der Waals surface area contributed by atoms with Gasteiger partial charge in [0, 0.05) is 31.6 Å². The smallest absolute Gasteiger partial charge is 0.166 e. The fraction of sp³-hybridized carbons (Fsp3) is 0.364. The topological polar surface area (TPSA) is 68.9 Å². The van der Waals surface area contributed by atoms with E-state index in [1.165, 1.54) is 12.1 Å². The molecule has 2 N–H and O–H groups in total. The number of rotatable bonds is 4. The number of aliphatic hydroxyl groups excluding tert-OH is 1. The first-order chi connectivity index (χ1) is 14.6. The molecule has 1 saturated heterocycles. The summed E-state index contributed by atoms with van der Waals surface area (Å²) >= 11 is 0. The lowest BCUT2D eigenvalue weighted by molar-refractivity contribution is 0.311. The van der Waals surface area contributed by atoms with E-state index >= 15 is 0 Å². The van der Waals surface area contributed by atoms with E-state index in [-0.39, 0.29) is 12.4 Å². The van der Waals surface area contributed by atoms with E-state index in [2.05, 4.69) is 22.2 Å². The third-order valence-corrected chi connectivity index (χ3v) is 5.74. The highest BCUT2D eigenvalue weighted by Gasteiger charge is 2.18. The zero-order valence-electron chi connectivity index (χ0n) is 17.0. The normalized spacial score (nSPS) is 15.9. The predicted molar refractivity (Wildman–Crippen MR) is 118 cm³/mol.